The summed E-state index contributed by atoms with van der Waals surface area (Å²) in [5.74, 6) is 0.392. The van der Waals surface area contributed by atoms with Gasteiger partial charge in [-0.2, -0.15) is 0 Å². The van der Waals surface area contributed by atoms with Crippen molar-refractivity contribution in [2.45, 2.75) is 25.7 Å². The first-order valence-corrected chi connectivity index (χ1v) is 12.5. The maximum absolute atomic E-state index is 13.1. The van der Waals surface area contributed by atoms with E-state index in [0.29, 0.717) is 41.8 Å². The highest BCUT2D eigenvalue weighted by molar-refractivity contribution is 6.06. The lowest BCUT2D eigenvalue weighted by Crippen LogP contribution is -2.38. The number of nitrogens with zero attached hydrogens (tertiary/aromatic N) is 1. The van der Waals surface area contributed by atoms with Crippen molar-refractivity contribution in [2.24, 2.45) is 0 Å². The van der Waals surface area contributed by atoms with E-state index < -0.39 is 0 Å². The Labute approximate surface area is 220 Å². The van der Waals surface area contributed by atoms with Crippen LogP contribution in [-0.2, 0) is 0 Å². The Kier molecular flexibility index (Phi) is 6.96. The number of aromatic hydroxyl groups is 1. The van der Waals surface area contributed by atoms with Crippen LogP contribution in [0.1, 0.15) is 50.8 Å². The maximum atomic E-state index is 13.1. The largest absolute Gasteiger partial charge is 0.504 e. The van der Waals surface area contributed by atoms with Gasteiger partial charge in [0.1, 0.15) is 5.58 Å². The zero-order valence-corrected chi connectivity index (χ0v) is 21.6. The fourth-order valence-corrected chi connectivity index (χ4v) is 5.09. The molecule has 0 saturated carbocycles. The van der Waals surface area contributed by atoms with Gasteiger partial charge < -0.3 is 29.2 Å². The van der Waals surface area contributed by atoms with Crippen LogP contribution < -0.4 is 14.8 Å². The smallest absolute Gasteiger partial charge is 0.291 e. The van der Waals surface area contributed by atoms with Gasteiger partial charge in [-0.05, 0) is 61.6 Å². The molecule has 3 aromatic carbocycles. The number of piperidine rings is 1. The number of methoxy groups -OCH3 is 2. The number of fused-ring (bicyclic) bond motifs is 1. The van der Waals surface area contributed by atoms with Crippen molar-refractivity contribution in [1.82, 2.24) is 4.90 Å². The number of hydrogen-bond donors (Lipinski definition) is 2. The number of carbonyl (C=O) groups is 2. The number of para-hydroxylation sites is 1. The molecular weight excluding hydrogens is 484 g/mol. The number of benzene rings is 3. The molecule has 1 aliphatic heterocycles. The van der Waals surface area contributed by atoms with Crippen molar-refractivity contribution < 1.29 is 28.6 Å². The van der Waals surface area contributed by atoms with E-state index in [1.54, 1.807) is 17.0 Å². The van der Waals surface area contributed by atoms with Gasteiger partial charge in [0.25, 0.3) is 11.8 Å². The van der Waals surface area contributed by atoms with Crippen LogP contribution in [0.5, 0.6) is 17.2 Å². The Hall–Kier alpha value is -4.46. The van der Waals surface area contributed by atoms with Crippen molar-refractivity contribution in [1.29, 1.82) is 0 Å². The van der Waals surface area contributed by atoms with Gasteiger partial charge in [-0.1, -0.05) is 30.3 Å². The first kappa shape index (κ1) is 25.2. The predicted octanol–water partition coefficient (Wildman–Crippen LogP) is 5.74. The summed E-state index contributed by atoms with van der Waals surface area (Å²) in [4.78, 5) is 27.7. The van der Waals surface area contributed by atoms with Crippen LogP contribution in [0.25, 0.3) is 11.0 Å². The van der Waals surface area contributed by atoms with Crippen LogP contribution in [0.2, 0.25) is 0 Å². The number of ether oxygens (including phenoxy) is 2. The summed E-state index contributed by atoms with van der Waals surface area (Å²) in [6.07, 6.45) is 1.59. The summed E-state index contributed by atoms with van der Waals surface area (Å²) in [6.45, 7) is 3.02. The molecule has 38 heavy (non-hydrogen) atoms. The van der Waals surface area contributed by atoms with Crippen LogP contribution in [0.4, 0.5) is 5.69 Å². The molecule has 2 N–H and O–H groups in total. The number of likely N-dealkylation sites (tertiary alicyclic amines) is 1. The summed E-state index contributed by atoms with van der Waals surface area (Å²) >= 11 is 0. The summed E-state index contributed by atoms with van der Waals surface area (Å²) in [5, 5.41) is 14.4. The quantitative estimate of drug-likeness (QED) is 0.341. The molecule has 8 heteroatoms. The van der Waals surface area contributed by atoms with E-state index in [4.69, 9.17) is 13.9 Å². The number of aryl methyl sites for hydroxylation is 1. The molecule has 1 aliphatic rings. The van der Waals surface area contributed by atoms with Crippen molar-refractivity contribution in [2.75, 3.05) is 32.6 Å². The first-order chi connectivity index (χ1) is 18.4. The lowest BCUT2D eigenvalue weighted by Gasteiger charge is -2.32. The lowest BCUT2D eigenvalue weighted by molar-refractivity contribution is 0.0709. The Bertz CT molecular complexity index is 1480. The van der Waals surface area contributed by atoms with Gasteiger partial charge in [-0.15, -0.1) is 0 Å². The van der Waals surface area contributed by atoms with E-state index >= 15 is 0 Å². The second-order valence-electron chi connectivity index (χ2n) is 9.39. The summed E-state index contributed by atoms with van der Waals surface area (Å²) in [7, 11) is 2.90. The molecule has 0 spiro atoms. The minimum atomic E-state index is -0.281. The van der Waals surface area contributed by atoms with Crippen LogP contribution >= 0.6 is 0 Å². The molecule has 2 heterocycles. The number of nitrogens with one attached hydrogen (secondary N) is 1. The summed E-state index contributed by atoms with van der Waals surface area (Å²) in [5.41, 5.74) is 3.55. The molecule has 0 aliphatic carbocycles. The number of phenols is 1. The SMILES string of the molecule is COc1ccc(C(=O)N2CCC(c3ccc(NC(=O)c4oc5ccccc5c4C)cc3)CC2)c(O)c1OC. The second kappa shape index (κ2) is 10.5. The highest BCUT2D eigenvalue weighted by atomic mass is 16.5. The first-order valence-electron chi connectivity index (χ1n) is 12.5. The summed E-state index contributed by atoms with van der Waals surface area (Å²) in [6, 6.07) is 18.6. The monoisotopic (exact) mass is 514 g/mol. The lowest BCUT2D eigenvalue weighted by atomic mass is 9.89. The van der Waals surface area contributed by atoms with E-state index in [0.717, 1.165) is 29.4 Å². The Morgan fingerprint density at radius 1 is 0.974 bits per heavy atom. The zero-order chi connectivity index (χ0) is 26.8. The topological polar surface area (TPSA) is 101 Å². The number of amides is 2. The fourth-order valence-electron chi connectivity index (χ4n) is 5.09. The van der Waals surface area contributed by atoms with Gasteiger partial charge in [0, 0.05) is 29.7 Å². The average molecular weight is 515 g/mol. The van der Waals surface area contributed by atoms with Crippen molar-refractivity contribution in [3.05, 3.63) is 83.1 Å². The molecular formula is C30H30N2O6. The second-order valence-corrected chi connectivity index (χ2v) is 9.39. The number of hydrogen-bond acceptors (Lipinski definition) is 6. The number of phenolic OH excluding ortho intramolecular Hbond substituents is 1. The fraction of sp³-hybridized carbons (Fsp3) is 0.267. The van der Waals surface area contributed by atoms with Crippen molar-refractivity contribution in [3.8, 4) is 17.2 Å². The highest BCUT2D eigenvalue weighted by Gasteiger charge is 2.28. The van der Waals surface area contributed by atoms with E-state index in [9.17, 15) is 14.7 Å². The van der Waals surface area contributed by atoms with E-state index in [1.807, 2.05) is 55.5 Å². The van der Waals surface area contributed by atoms with Gasteiger partial charge in [-0.25, -0.2) is 0 Å². The maximum Gasteiger partial charge on any atom is 0.291 e. The van der Waals surface area contributed by atoms with E-state index in [2.05, 4.69) is 5.32 Å². The molecule has 4 aromatic rings. The third-order valence-corrected chi connectivity index (χ3v) is 7.22. The molecule has 196 valence electrons. The number of furan rings is 1. The molecule has 0 atom stereocenters. The standard InChI is InChI=1S/C30H30N2O6/c1-18-22-6-4-5-7-24(22)38-27(18)29(34)31-21-10-8-19(9-11-21)20-14-16-32(17-15-20)30(35)23-12-13-25(36-2)28(37-3)26(23)33/h4-13,20,33H,14-17H2,1-3H3,(H,31,34). The Balaban J connectivity index is 1.21. The molecule has 1 saturated heterocycles. The predicted molar refractivity (Wildman–Crippen MR) is 144 cm³/mol. The van der Waals surface area contributed by atoms with Gasteiger partial charge in [0.05, 0.1) is 19.8 Å². The minimum absolute atomic E-state index is 0.149. The molecule has 5 rings (SSSR count). The highest BCUT2D eigenvalue weighted by Crippen LogP contribution is 2.40. The zero-order valence-electron chi connectivity index (χ0n) is 21.6. The normalized spacial score (nSPS) is 13.9. The Morgan fingerprint density at radius 3 is 2.34 bits per heavy atom. The number of rotatable bonds is 6. The van der Waals surface area contributed by atoms with Crippen LogP contribution in [-0.4, -0.2) is 49.1 Å². The summed E-state index contributed by atoms with van der Waals surface area (Å²) < 4.78 is 16.2. The Morgan fingerprint density at radius 2 is 1.68 bits per heavy atom. The third-order valence-electron chi connectivity index (χ3n) is 7.22. The number of anilines is 1. The van der Waals surface area contributed by atoms with Crippen molar-refractivity contribution >= 4 is 28.5 Å². The molecule has 2 amide bonds. The molecule has 1 aromatic heterocycles. The average Bonchev–Trinajstić information content (AvgIpc) is 3.29. The van der Waals surface area contributed by atoms with Gasteiger partial charge in [0.15, 0.2) is 17.3 Å². The molecule has 0 bridgehead atoms. The third kappa shape index (κ3) is 4.65. The van der Waals surface area contributed by atoms with Crippen LogP contribution in [0.15, 0.2) is 65.1 Å². The number of carbonyl (C=O) groups excluding carboxylic acids is 2. The van der Waals surface area contributed by atoms with Gasteiger partial charge in [-0.3, -0.25) is 9.59 Å². The van der Waals surface area contributed by atoms with Crippen molar-refractivity contribution in [3.63, 3.8) is 0 Å². The molecule has 0 unspecified atom stereocenters. The molecule has 0 radical (unpaired) electrons. The van der Waals surface area contributed by atoms with Gasteiger partial charge in [0.2, 0.25) is 5.75 Å². The molecule has 8 nitrogen and oxygen atoms in total. The van der Waals surface area contributed by atoms with Gasteiger partial charge >= 0.3 is 0 Å². The van der Waals surface area contributed by atoms with Crippen LogP contribution in [0, 0.1) is 6.92 Å². The van der Waals surface area contributed by atoms with E-state index in [1.165, 1.54) is 14.2 Å². The van der Waals surface area contributed by atoms with Crippen LogP contribution in [0.3, 0.4) is 0 Å². The van der Waals surface area contributed by atoms with E-state index in [-0.39, 0.29) is 28.9 Å². The molecule has 1 fully saturated rings. The minimum Gasteiger partial charge on any atom is -0.504 e.